The molecule has 0 saturated heterocycles. The van der Waals surface area contributed by atoms with Crippen LogP contribution in [0.3, 0.4) is 0 Å². The molecule has 0 aliphatic heterocycles. The Morgan fingerprint density at radius 1 is 0.933 bits per heavy atom. The highest BCUT2D eigenvalue weighted by Crippen LogP contribution is 2.39. The summed E-state index contributed by atoms with van der Waals surface area (Å²) in [5, 5.41) is 13.4. The van der Waals surface area contributed by atoms with Crippen LogP contribution in [0.15, 0.2) is 41.3 Å². The van der Waals surface area contributed by atoms with Gasteiger partial charge in [-0.3, -0.25) is 4.79 Å². The van der Waals surface area contributed by atoms with Gasteiger partial charge in [-0.15, -0.1) is 0 Å². The van der Waals surface area contributed by atoms with Crippen LogP contribution < -0.4 is 10.0 Å². The molecule has 0 spiro atoms. The molecule has 2 aromatic carbocycles. The molecular weight excluding hydrogens is 400 g/mol. The second-order valence-electron chi connectivity index (χ2n) is 9.57. The van der Waals surface area contributed by atoms with Crippen LogP contribution >= 0.6 is 0 Å². The van der Waals surface area contributed by atoms with Crippen molar-refractivity contribution < 1.29 is 18.3 Å². The molecule has 0 unspecified atom stereocenters. The number of amides is 1. The van der Waals surface area contributed by atoms with Gasteiger partial charge in [0.15, 0.2) is 0 Å². The van der Waals surface area contributed by atoms with Gasteiger partial charge in [0, 0.05) is 19.2 Å². The van der Waals surface area contributed by atoms with E-state index in [2.05, 4.69) is 10.0 Å². The Kier molecular flexibility index (Phi) is 6.69. The van der Waals surface area contributed by atoms with Crippen molar-refractivity contribution in [2.24, 2.45) is 0 Å². The first-order valence-electron chi connectivity index (χ1n) is 9.85. The van der Waals surface area contributed by atoms with Crippen LogP contribution in [0.5, 0.6) is 5.75 Å². The van der Waals surface area contributed by atoms with Crippen molar-refractivity contribution in [1.82, 2.24) is 4.72 Å². The molecule has 0 fully saturated rings. The molecule has 164 valence electrons. The van der Waals surface area contributed by atoms with Crippen molar-refractivity contribution >= 4 is 21.6 Å². The normalized spacial score (nSPS) is 12.6. The van der Waals surface area contributed by atoms with E-state index in [0.29, 0.717) is 5.69 Å². The molecule has 0 heterocycles. The number of hydrogen-bond donors (Lipinski definition) is 3. The molecule has 7 heteroatoms. The standard InChI is InChI=1S/C23H32N2O4S/c1-15(26)25-17-8-10-18(11-9-17)30(28,29)24-14-16-12-19(22(2,3)4)21(27)20(13-16)23(5,6)7/h8-13,24,27H,14H2,1-7H3,(H,25,26). The fourth-order valence-corrected chi connectivity index (χ4v) is 4.14. The molecule has 0 aliphatic rings. The second kappa shape index (κ2) is 8.40. The maximum absolute atomic E-state index is 12.7. The third kappa shape index (κ3) is 5.83. The van der Waals surface area contributed by atoms with Crippen LogP contribution in [0.2, 0.25) is 0 Å². The second-order valence-corrected chi connectivity index (χ2v) is 11.3. The van der Waals surface area contributed by atoms with Crippen molar-refractivity contribution in [3.05, 3.63) is 53.1 Å². The molecule has 30 heavy (non-hydrogen) atoms. The Morgan fingerprint density at radius 3 is 1.80 bits per heavy atom. The van der Waals surface area contributed by atoms with Crippen molar-refractivity contribution in [3.63, 3.8) is 0 Å². The van der Waals surface area contributed by atoms with E-state index in [4.69, 9.17) is 0 Å². The number of phenolic OH excluding ortho intramolecular Hbond substituents is 1. The average molecular weight is 433 g/mol. The summed E-state index contributed by atoms with van der Waals surface area (Å²) in [6.07, 6.45) is 0. The number of aromatic hydroxyl groups is 1. The molecule has 2 rings (SSSR count). The third-order valence-corrected chi connectivity index (χ3v) is 6.15. The minimum Gasteiger partial charge on any atom is -0.507 e. The maximum atomic E-state index is 12.7. The summed E-state index contributed by atoms with van der Waals surface area (Å²) < 4.78 is 28.1. The van der Waals surface area contributed by atoms with Crippen LogP contribution in [-0.4, -0.2) is 19.4 Å². The number of sulfonamides is 1. The molecule has 2 aromatic rings. The highest BCUT2D eigenvalue weighted by atomic mass is 32.2. The quantitative estimate of drug-likeness (QED) is 0.651. The lowest BCUT2D eigenvalue weighted by molar-refractivity contribution is -0.114. The summed E-state index contributed by atoms with van der Waals surface area (Å²) in [4.78, 5) is 11.2. The van der Waals surface area contributed by atoms with Crippen LogP contribution in [0, 0.1) is 0 Å². The zero-order chi connectivity index (χ0) is 22.9. The molecule has 0 aromatic heterocycles. The molecule has 3 N–H and O–H groups in total. The van der Waals surface area contributed by atoms with Gasteiger partial charge in [0.2, 0.25) is 15.9 Å². The Balaban J connectivity index is 2.32. The number of phenols is 1. The van der Waals surface area contributed by atoms with Crippen LogP contribution in [0.4, 0.5) is 5.69 Å². The van der Waals surface area contributed by atoms with Crippen LogP contribution in [0.1, 0.15) is 65.2 Å². The number of anilines is 1. The van der Waals surface area contributed by atoms with Crippen molar-refractivity contribution in [2.45, 2.75) is 70.7 Å². The lowest BCUT2D eigenvalue weighted by Crippen LogP contribution is -2.24. The molecule has 0 bridgehead atoms. The Morgan fingerprint density at radius 2 is 1.40 bits per heavy atom. The SMILES string of the molecule is CC(=O)Nc1ccc(S(=O)(=O)NCc2cc(C(C)(C)C)c(O)c(C(C)(C)C)c2)cc1. The molecule has 0 radical (unpaired) electrons. The van der Waals surface area contributed by atoms with Crippen molar-refractivity contribution in [1.29, 1.82) is 0 Å². The first kappa shape index (κ1) is 23.9. The van der Waals surface area contributed by atoms with E-state index in [-0.39, 0.29) is 33.9 Å². The molecular formula is C23H32N2O4S. The number of carbonyl (C=O) groups is 1. The summed E-state index contributed by atoms with van der Waals surface area (Å²) in [5.74, 6) is 0.0375. The first-order chi connectivity index (χ1) is 13.6. The zero-order valence-corrected chi connectivity index (χ0v) is 19.6. The molecule has 1 amide bonds. The summed E-state index contributed by atoms with van der Waals surface area (Å²) >= 11 is 0. The van der Waals surface area contributed by atoms with E-state index in [0.717, 1.165) is 16.7 Å². The maximum Gasteiger partial charge on any atom is 0.240 e. The van der Waals surface area contributed by atoms with E-state index < -0.39 is 10.0 Å². The average Bonchev–Trinajstić information content (AvgIpc) is 2.58. The fourth-order valence-electron chi connectivity index (χ4n) is 3.12. The van der Waals surface area contributed by atoms with Crippen LogP contribution in [0.25, 0.3) is 0 Å². The van der Waals surface area contributed by atoms with Gasteiger partial charge in [0.05, 0.1) is 4.90 Å². The highest BCUT2D eigenvalue weighted by molar-refractivity contribution is 7.89. The first-order valence-corrected chi connectivity index (χ1v) is 11.3. The molecule has 6 nitrogen and oxygen atoms in total. The minimum absolute atomic E-state index is 0.0994. The van der Waals surface area contributed by atoms with E-state index in [1.54, 1.807) is 12.1 Å². The number of nitrogens with one attached hydrogen (secondary N) is 2. The topological polar surface area (TPSA) is 95.5 Å². The number of carbonyl (C=O) groups excluding carboxylic acids is 1. The van der Waals surface area contributed by atoms with Gasteiger partial charge in [0.1, 0.15) is 5.75 Å². The van der Waals surface area contributed by atoms with E-state index >= 15 is 0 Å². The predicted octanol–water partition coefficient (Wildman–Crippen LogP) is 4.42. The van der Waals surface area contributed by atoms with Gasteiger partial charge in [-0.2, -0.15) is 0 Å². The predicted molar refractivity (Wildman–Crippen MR) is 120 cm³/mol. The van der Waals surface area contributed by atoms with Gasteiger partial charge < -0.3 is 10.4 Å². The van der Waals surface area contributed by atoms with Gasteiger partial charge in [-0.1, -0.05) is 53.7 Å². The fraction of sp³-hybridized carbons (Fsp3) is 0.435. The minimum atomic E-state index is -3.74. The van der Waals surface area contributed by atoms with E-state index in [9.17, 15) is 18.3 Å². The lowest BCUT2D eigenvalue weighted by Gasteiger charge is -2.28. The van der Waals surface area contributed by atoms with Crippen molar-refractivity contribution in [3.8, 4) is 5.75 Å². The van der Waals surface area contributed by atoms with Crippen LogP contribution in [-0.2, 0) is 32.2 Å². The molecule has 0 aliphatic carbocycles. The largest absolute Gasteiger partial charge is 0.507 e. The molecule has 0 atom stereocenters. The van der Waals surface area contributed by atoms with Gasteiger partial charge in [0.25, 0.3) is 0 Å². The van der Waals surface area contributed by atoms with E-state index in [1.807, 2.05) is 53.7 Å². The van der Waals surface area contributed by atoms with Gasteiger partial charge >= 0.3 is 0 Å². The van der Waals surface area contributed by atoms with Gasteiger partial charge in [-0.25, -0.2) is 13.1 Å². The summed E-state index contributed by atoms with van der Waals surface area (Å²) in [6.45, 7) is 13.6. The Bertz CT molecular complexity index is 993. The van der Waals surface area contributed by atoms with E-state index in [1.165, 1.54) is 19.1 Å². The third-order valence-electron chi connectivity index (χ3n) is 4.74. The monoisotopic (exact) mass is 432 g/mol. The Hall–Kier alpha value is -2.38. The number of rotatable bonds is 5. The Labute approximate surface area is 179 Å². The zero-order valence-electron chi connectivity index (χ0n) is 18.8. The van der Waals surface area contributed by atoms with Gasteiger partial charge in [-0.05, 0) is 51.8 Å². The lowest BCUT2D eigenvalue weighted by atomic mass is 9.78. The summed E-state index contributed by atoms with van der Waals surface area (Å²) in [7, 11) is -3.74. The number of hydrogen-bond acceptors (Lipinski definition) is 4. The van der Waals surface area contributed by atoms with Crippen molar-refractivity contribution in [2.75, 3.05) is 5.32 Å². The summed E-state index contributed by atoms with van der Waals surface area (Å²) in [5.41, 5.74) is 2.29. The summed E-state index contributed by atoms with van der Waals surface area (Å²) in [6, 6.07) is 9.70. The highest BCUT2D eigenvalue weighted by Gasteiger charge is 2.27. The molecule has 0 saturated carbocycles. The smallest absolute Gasteiger partial charge is 0.240 e. The number of benzene rings is 2.